The number of fused-ring (bicyclic) bond motifs is 1. The summed E-state index contributed by atoms with van der Waals surface area (Å²) in [5, 5.41) is 7.35. The lowest BCUT2D eigenvalue weighted by Gasteiger charge is -2.30. The second-order valence-corrected chi connectivity index (χ2v) is 7.04. The lowest BCUT2D eigenvalue weighted by atomic mass is 9.84. The molecule has 7 heteroatoms. The lowest BCUT2D eigenvalue weighted by molar-refractivity contribution is -0.122. The van der Waals surface area contributed by atoms with E-state index in [2.05, 4.69) is 20.4 Å². The van der Waals surface area contributed by atoms with Gasteiger partial charge in [0.15, 0.2) is 0 Å². The fourth-order valence-electron chi connectivity index (χ4n) is 3.94. The predicted octanol–water partition coefficient (Wildman–Crippen LogP) is 1.70. The molecule has 2 heterocycles. The van der Waals surface area contributed by atoms with Gasteiger partial charge in [-0.25, -0.2) is 9.50 Å². The van der Waals surface area contributed by atoms with Gasteiger partial charge in [0.05, 0.1) is 0 Å². The molecule has 0 spiro atoms. The van der Waals surface area contributed by atoms with Crippen molar-refractivity contribution in [1.29, 1.82) is 0 Å². The van der Waals surface area contributed by atoms with Gasteiger partial charge in [0.1, 0.15) is 6.33 Å². The average Bonchev–Trinajstić information content (AvgIpc) is 3.08. The quantitative estimate of drug-likeness (QED) is 0.831. The highest BCUT2D eigenvalue weighted by Crippen LogP contribution is 2.26. The molecule has 1 aliphatic carbocycles. The van der Waals surface area contributed by atoms with Crippen LogP contribution in [0.1, 0.15) is 55.5 Å². The Balaban J connectivity index is 1.62. The molecule has 2 aromatic rings. The Morgan fingerprint density at radius 3 is 2.84 bits per heavy atom. The smallest absolute Gasteiger partial charge is 0.252 e. The second kappa shape index (κ2) is 7.91. The van der Waals surface area contributed by atoms with E-state index in [-0.39, 0.29) is 11.9 Å². The monoisotopic (exact) mass is 344 g/mol. The van der Waals surface area contributed by atoms with Crippen LogP contribution < -0.4 is 11.1 Å². The zero-order chi connectivity index (χ0) is 17.8. The van der Waals surface area contributed by atoms with Crippen molar-refractivity contribution in [2.45, 2.75) is 64.8 Å². The van der Waals surface area contributed by atoms with Gasteiger partial charge in [-0.3, -0.25) is 4.79 Å². The summed E-state index contributed by atoms with van der Waals surface area (Å²) in [5.74, 6) is 1.20. The number of hydrogen-bond donors (Lipinski definition) is 2. The van der Waals surface area contributed by atoms with Gasteiger partial charge in [0.25, 0.3) is 5.78 Å². The van der Waals surface area contributed by atoms with Crippen molar-refractivity contribution in [3.05, 3.63) is 23.3 Å². The van der Waals surface area contributed by atoms with Crippen molar-refractivity contribution in [3.8, 4) is 0 Å². The number of nitrogens with zero attached hydrogens (tertiary/aromatic N) is 4. The van der Waals surface area contributed by atoms with Crippen molar-refractivity contribution >= 4 is 11.7 Å². The standard InChI is InChI=1S/C18H28N6O/c1-12-15(13(2)24-18(22-12)20-11-21-24)8-9-17(25)23-16(10-19)14-6-4-3-5-7-14/h11,14,16H,3-10,19H2,1-2H3,(H,23,25). The fraction of sp³-hybridized carbons (Fsp3) is 0.667. The second-order valence-electron chi connectivity index (χ2n) is 7.04. The zero-order valence-corrected chi connectivity index (χ0v) is 15.2. The summed E-state index contributed by atoms with van der Waals surface area (Å²) in [5.41, 5.74) is 8.89. The molecule has 1 aliphatic rings. The first-order valence-electron chi connectivity index (χ1n) is 9.25. The van der Waals surface area contributed by atoms with E-state index in [1.165, 1.54) is 38.4 Å². The molecule has 1 fully saturated rings. The van der Waals surface area contributed by atoms with Crippen LogP contribution in [0.3, 0.4) is 0 Å². The van der Waals surface area contributed by atoms with E-state index in [4.69, 9.17) is 5.73 Å². The van der Waals surface area contributed by atoms with E-state index in [0.29, 0.717) is 31.1 Å². The summed E-state index contributed by atoms with van der Waals surface area (Å²) < 4.78 is 1.73. The van der Waals surface area contributed by atoms with E-state index in [1.54, 1.807) is 4.52 Å². The fourth-order valence-corrected chi connectivity index (χ4v) is 3.94. The maximum absolute atomic E-state index is 12.4. The predicted molar refractivity (Wildman–Crippen MR) is 96.1 cm³/mol. The molecule has 3 rings (SSSR count). The van der Waals surface area contributed by atoms with E-state index < -0.39 is 0 Å². The maximum Gasteiger partial charge on any atom is 0.252 e. The maximum atomic E-state index is 12.4. The van der Waals surface area contributed by atoms with Crippen molar-refractivity contribution in [2.75, 3.05) is 6.54 Å². The van der Waals surface area contributed by atoms with Gasteiger partial charge in [-0.2, -0.15) is 10.1 Å². The zero-order valence-electron chi connectivity index (χ0n) is 15.2. The number of rotatable bonds is 6. The lowest BCUT2D eigenvalue weighted by Crippen LogP contribution is -2.46. The highest BCUT2D eigenvalue weighted by molar-refractivity contribution is 5.76. The molecule has 1 saturated carbocycles. The number of nitrogens with one attached hydrogen (secondary N) is 1. The van der Waals surface area contributed by atoms with Crippen LogP contribution in [0.25, 0.3) is 5.78 Å². The van der Waals surface area contributed by atoms with Gasteiger partial charge in [0, 0.05) is 30.4 Å². The summed E-state index contributed by atoms with van der Waals surface area (Å²) in [6.07, 6.45) is 8.74. The van der Waals surface area contributed by atoms with Crippen LogP contribution in [0, 0.1) is 19.8 Å². The summed E-state index contributed by atoms with van der Waals surface area (Å²) in [6.45, 7) is 4.47. The van der Waals surface area contributed by atoms with Crippen molar-refractivity contribution in [2.24, 2.45) is 11.7 Å². The Labute approximate surface area is 148 Å². The Morgan fingerprint density at radius 1 is 1.36 bits per heavy atom. The Hall–Kier alpha value is -2.02. The molecule has 0 radical (unpaired) electrons. The molecule has 1 amide bonds. The molecule has 0 aliphatic heterocycles. The molecule has 3 N–H and O–H groups in total. The third kappa shape index (κ3) is 3.98. The van der Waals surface area contributed by atoms with Crippen LogP contribution in [0.5, 0.6) is 0 Å². The highest BCUT2D eigenvalue weighted by atomic mass is 16.1. The molecule has 136 valence electrons. The first kappa shape index (κ1) is 17.8. The summed E-state index contributed by atoms with van der Waals surface area (Å²) in [6, 6.07) is 0.103. The number of carbonyl (C=O) groups excluding carboxylic acids is 1. The van der Waals surface area contributed by atoms with Gasteiger partial charge in [-0.05, 0) is 44.6 Å². The molecule has 0 aromatic carbocycles. The molecular formula is C18H28N6O. The first-order valence-corrected chi connectivity index (χ1v) is 9.25. The summed E-state index contributed by atoms with van der Waals surface area (Å²) in [7, 11) is 0. The van der Waals surface area contributed by atoms with Crippen LogP contribution in [0.15, 0.2) is 6.33 Å². The van der Waals surface area contributed by atoms with E-state index in [0.717, 1.165) is 17.0 Å². The van der Waals surface area contributed by atoms with Crippen molar-refractivity contribution < 1.29 is 4.79 Å². The Morgan fingerprint density at radius 2 is 2.12 bits per heavy atom. The van der Waals surface area contributed by atoms with Crippen LogP contribution in [-0.2, 0) is 11.2 Å². The molecule has 0 bridgehead atoms. The minimum absolute atomic E-state index is 0.0681. The number of aromatic nitrogens is 4. The van der Waals surface area contributed by atoms with Gasteiger partial charge in [-0.15, -0.1) is 0 Å². The normalized spacial score (nSPS) is 16.9. The third-order valence-electron chi connectivity index (χ3n) is 5.41. The Bertz CT molecular complexity index is 734. The van der Waals surface area contributed by atoms with E-state index in [1.807, 2.05) is 13.8 Å². The number of amides is 1. The topological polar surface area (TPSA) is 98.2 Å². The SMILES string of the molecule is Cc1nc2ncnn2c(C)c1CCC(=O)NC(CN)C1CCCCC1. The molecule has 25 heavy (non-hydrogen) atoms. The van der Waals surface area contributed by atoms with Gasteiger partial charge < -0.3 is 11.1 Å². The number of aryl methyl sites for hydroxylation is 2. The number of nitrogens with two attached hydrogens (primary N) is 1. The highest BCUT2D eigenvalue weighted by Gasteiger charge is 2.24. The summed E-state index contributed by atoms with van der Waals surface area (Å²) >= 11 is 0. The third-order valence-corrected chi connectivity index (χ3v) is 5.41. The van der Waals surface area contributed by atoms with E-state index >= 15 is 0 Å². The van der Waals surface area contributed by atoms with Crippen LogP contribution in [0.2, 0.25) is 0 Å². The molecule has 7 nitrogen and oxygen atoms in total. The van der Waals surface area contributed by atoms with Gasteiger partial charge >= 0.3 is 0 Å². The van der Waals surface area contributed by atoms with Gasteiger partial charge in [-0.1, -0.05) is 19.3 Å². The average molecular weight is 344 g/mol. The number of carbonyl (C=O) groups is 1. The van der Waals surface area contributed by atoms with E-state index in [9.17, 15) is 4.79 Å². The largest absolute Gasteiger partial charge is 0.352 e. The minimum atomic E-state index is 0.0681. The molecule has 2 aromatic heterocycles. The van der Waals surface area contributed by atoms with Gasteiger partial charge in [0.2, 0.25) is 5.91 Å². The van der Waals surface area contributed by atoms with Crippen LogP contribution in [0.4, 0.5) is 0 Å². The molecule has 1 atom stereocenters. The molecule has 0 saturated heterocycles. The van der Waals surface area contributed by atoms with Crippen LogP contribution >= 0.6 is 0 Å². The van der Waals surface area contributed by atoms with Crippen molar-refractivity contribution in [1.82, 2.24) is 24.9 Å². The minimum Gasteiger partial charge on any atom is -0.352 e. The first-order chi connectivity index (χ1) is 12.1. The summed E-state index contributed by atoms with van der Waals surface area (Å²) in [4.78, 5) is 21.0. The van der Waals surface area contributed by atoms with Crippen LogP contribution in [-0.4, -0.2) is 38.1 Å². The Kier molecular flexibility index (Phi) is 5.63. The van der Waals surface area contributed by atoms with Crippen molar-refractivity contribution in [3.63, 3.8) is 0 Å². The number of hydrogen-bond acceptors (Lipinski definition) is 5. The molecule has 1 unspecified atom stereocenters. The molecular weight excluding hydrogens is 316 g/mol.